The molecule has 0 fully saturated rings. The average molecular weight is 204 g/mol. The summed E-state index contributed by atoms with van der Waals surface area (Å²) in [5, 5.41) is 3.27. The highest BCUT2D eigenvalue weighted by Gasteiger charge is 1.97. The van der Waals surface area contributed by atoms with Gasteiger partial charge in [-0.25, -0.2) is 4.98 Å². The minimum absolute atomic E-state index is 0.694. The lowest BCUT2D eigenvalue weighted by Gasteiger charge is -2.03. The van der Waals surface area contributed by atoms with Crippen molar-refractivity contribution in [2.75, 3.05) is 19.6 Å². The van der Waals surface area contributed by atoms with Gasteiger partial charge in [0.2, 0.25) is 0 Å². The van der Waals surface area contributed by atoms with Crippen LogP contribution in [0.4, 0.5) is 0 Å². The highest BCUT2D eigenvalue weighted by Crippen LogP contribution is 2.11. The first kappa shape index (κ1) is 10.1. The molecule has 0 aliphatic carbocycles. The number of aromatic amines is 1. The summed E-state index contributed by atoms with van der Waals surface area (Å²) in [5.41, 5.74) is 8.83. The zero-order chi connectivity index (χ0) is 10.5. The molecule has 0 saturated heterocycles. The highest BCUT2D eigenvalue weighted by molar-refractivity contribution is 5.74. The second kappa shape index (κ2) is 4.91. The number of nitrogens with two attached hydrogens (primary N) is 1. The number of imidazole rings is 1. The Labute approximate surface area is 88.9 Å². The number of hydrogen-bond donors (Lipinski definition) is 3. The molecule has 0 amide bonds. The predicted molar refractivity (Wildman–Crippen MR) is 61.7 cm³/mol. The summed E-state index contributed by atoms with van der Waals surface area (Å²) in [7, 11) is 0. The van der Waals surface area contributed by atoms with Crippen LogP contribution in [0.15, 0.2) is 24.5 Å². The van der Waals surface area contributed by atoms with Gasteiger partial charge < -0.3 is 16.0 Å². The van der Waals surface area contributed by atoms with E-state index in [0.29, 0.717) is 6.54 Å². The van der Waals surface area contributed by atoms with E-state index in [2.05, 4.69) is 27.4 Å². The van der Waals surface area contributed by atoms with E-state index < -0.39 is 0 Å². The maximum atomic E-state index is 5.39. The topological polar surface area (TPSA) is 66.7 Å². The van der Waals surface area contributed by atoms with Gasteiger partial charge >= 0.3 is 0 Å². The van der Waals surface area contributed by atoms with E-state index in [1.807, 2.05) is 6.07 Å². The molecule has 0 spiro atoms. The van der Waals surface area contributed by atoms with Crippen molar-refractivity contribution in [3.05, 3.63) is 30.1 Å². The van der Waals surface area contributed by atoms with Gasteiger partial charge in [-0.2, -0.15) is 0 Å². The molecule has 0 radical (unpaired) electrons. The number of H-pyrrole nitrogens is 1. The first-order valence-electron chi connectivity index (χ1n) is 5.23. The van der Waals surface area contributed by atoms with E-state index >= 15 is 0 Å². The second-order valence-electron chi connectivity index (χ2n) is 3.54. The van der Waals surface area contributed by atoms with E-state index in [0.717, 1.165) is 30.5 Å². The SMILES string of the molecule is NCCNCCc1ccc2nc[nH]c2c1. The van der Waals surface area contributed by atoms with Gasteiger partial charge in [0, 0.05) is 13.1 Å². The summed E-state index contributed by atoms with van der Waals surface area (Å²) in [6.07, 6.45) is 2.75. The number of nitrogens with one attached hydrogen (secondary N) is 2. The van der Waals surface area contributed by atoms with Crippen LogP contribution in [0.3, 0.4) is 0 Å². The Bertz CT molecular complexity index is 421. The molecule has 4 nitrogen and oxygen atoms in total. The molecule has 0 aliphatic rings. The van der Waals surface area contributed by atoms with Crippen LogP contribution in [0.25, 0.3) is 11.0 Å². The van der Waals surface area contributed by atoms with Crippen LogP contribution >= 0.6 is 0 Å². The normalized spacial score (nSPS) is 11.0. The van der Waals surface area contributed by atoms with Crippen molar-refractivity contribution in [3.8, 4) is 0 Å². The third kappa shape index (κ3) is 2.55. The third-order valence-corrected chi connectivity index (χ3v) is 2.40. The Morgan fingerprint density at radius 3 is 3.13 bits per heavy atom. The Hall–Kier alpha value is -1.39. The van der Waals surface area contributed by atoms with Crippen LogP contribution in [0, 0.1) is 0 Å². The van der Waals surface area contributed by atoms with Gasteiger partial charge in [-0.15, -0.1) is 0 Å². The molecule has 2 rings (SSSR count). The van der Waals surface area contributed by atoms with E-state index in [1.54, 1.807) is 6.33 Å². The number of fused-ring (bicyclic) bond motifs is 1. The predicted octanol–water partition coefficient (Wildman–Crippen LogP) is 0.654. The number of aromatic nitrogens is 2. The lowest BCUT2D eigenvalue weighted by molar-refractivity contribution is 0.689. The van der Waals surface area contributed by atoms with Gasteiger partial charge in [0.15, 0.2) is 0 Å². The fraction of sp³-hybridized carbons (Fsp3) is 0.364. The van der Waals surface area contributed by atoms with Gasteiger partial charge in [-0.3, -0.25) is 0 Å². The monoisotopic (exact) mass is 204 g/mol. The summed E-state index contributed by atoms with van der Waals surface area (Å²) in [5.74, 6) is 0. The molecule has 4 heteroatoms. The first-order valence-corrected chi connectivity index (χ1v) is 5.23. The van der Waals surface area contributed by atoms with Crippen LogP contribution in [0.1, 0.15) is 5.56 Å². The van der Waals surface area contributed by atoms with Crippen LogP contribution in [0.5, 0.6) is 0 Å². The molecular formula is C11H16N4. The standard InChI is InChI=1S/C11H16N4/c12-4-6-13-5-3-9-1-2-10-11(7-9)15-8-14-10/h1-2,7-8,13H,3-6,12H2,(H,14,15). The Balaban J connectivity index is 1.96. The fourth-order valence-corrected chi connectivity index (χ4v) is 1.60. The van der Waals surface area contributed by atoms with Crippen LogP contribution < -0.4 is 11.1 Å². The van der Waals surface area contributed by atoms with Gasteiger partial charge in [-0.1, -0.05) is 6.07 Å². The smallest absolute Gasteiger partial charge is 0.0931 e. The molecule has 0 aliphatic heterocycles. The van der Waals surface area contributed by atoms with Crippen molar-refractivity contribution >= 4 is 11.0 Å². The molecule has 1 aromatic carbocycles. The molecule has 80 valence electrons. The van der Waals surface area contributed by atoms with E-state index in [1.165, 1.54) is 5.56 Å². The lowest BCUT2D eigenvalue weighted by Crippen LogP contribution is -2.24. The second-order valence-corrected chi connectivity index (χ2v) is 3.54. The van der Waals surface area contributed by atoms with Crippen LogP contribution in [0.2, 0.25) is 0 Å². The van der Waals surface area contributed by atoms with Crippen LogP contribution in [-0.2, 0) is 6.42 Å². The van der Waals surface area contributed by atoms with Crippen molar-refractivity contribution in [2.24, 2.45) is 5.73 Å². The van der Waals surface area contributed by atoms with Crippen LogP contribution in [-0.4, -0.2) is 29.6 Å². The zero-order valence-electron chi connectivity index (χ0n) is 8.66. The molecular weight excluding hydrogens is 188 g/mol. The fourth-order valence-electron chi connectivity index (χ4n) is 1.60. The minimum atomic E-state index is 0.694. The molecule has 1 aromatic heterocycles. The molecule has 0 bridgehead atoms. The van der Waals surface area contributed by atoms with Crippen molar-refractivity contribution < 1.29 is 0 Å². The summed E-state index contributed by atoms with van der Waals surface area (Å²) >= 11 is 0. The molecule has 0 unspecified atom stereocenters. The Morgan fingerprint density at radius 1 is 1.33 bits per heavy atom. The number of nitrogens with zero attached hydrogens (tertiary/aromatic N) is 1. The Morgan fingerprint density at radius 2 is 2.27 bits per heavy atom. The van der Waals surface area contributed by atoms with E-state index in [9.17, 15) is 0 Å². The molecule has 4 N–H and O–H groups in total. The highest BCUT2D eigenvalue weighted by atomic mass is 14.9. The minimum Gasteiger partial charge on any atom is -0.345 e. The van der Waals surface area contributed by atoms with E-state index in [-0.39, 0.29) is 0 Å². The third-order valence-electron chi connectivity index (χ3n) is 2.40. The van der Waals surface area contributed by atoms with Gasteiger partial charge in [0.1, 0.15) is 0 Å². The maximum Gasteiger partial charge on any atom is 0.0931 e. The molecule has 0 saturated carbocycles. The quantitative estimate of drug-likeness (QED) is 0.627. The largest absolute Gasteiger partial charge is 0.345 e. The zero-order valence-corrected chi connectivity index (χ0v) is 8.66. The molecule has 15 heavy (non-hydrogen) atoms. The van der Waals surface area contributed by atoms with Gasteiger partial charge in [0.25, 0.3) is 0 Å². The molecule has 2 aromatic rings. The van der Waals surface area contributed by atoms with Crippen molar-refractivity contribution in [1.82, 2.24) is 15.3 Å². The maximum absolute atomic E-state index is 5.39. The summed E-state index contributed by atoms with van der Waals surface area (Å²) in [6, 6.07) is 6.31. The first-order chi connectivity index (χ1) is 7.40. The summed E-state index contributed by atoms with van der Waals surface area (Å²) in [4.78, 5) is 7.29. The van der Waals surface area contributed by atoms with Crippen molar-refractivity contribution in [2.45, 2.75) is 6.42 Å². The Kier molecular flexibility index (Phi) is 3.32. The van der Waals surface area contributed by atoms with Crippen molar-refractivity contribution in [3.63, 3.8) is 0 Å². The van der Waals surface area contributed by atoms with Gasteiger partial charge in [0.05, 0.1) is 17.4 Å². The van der Waals surface area contributed by atoms with E-state index in [4.69, 9.17) is 5.73 Å². The number of rotatable bonds is 5. The molecule has 0 atom stereocenters. The van der Waals surface area contributed by atoms with Gasteiger partial charge in [-0.05, 0) is 30.7 Å². The number of benzene rings is 1. The average Bonchev–Trinajstić information content (AvgIpc) is 2.71. The molecule has 1 heterocycles. The van der Waals surface area contributed by atoms with Crippen molar-refractivity contribution in [1.29, 1.82) is 0 Å². The number of hydrogen-bond acceptors (Lipinski definition) is 3. The summed E-state index contributed by atoms with van der Waals surface area (Å²) < 4.78 is 0. The lowest BCUT2D eigenvalue weighted by atomic mass is 10.1. The summed E-state index contributed by atoms with van der Waals surface area (Å²) in [6.45, 7) is 2.54.